The number of carbonyl (C=O) groups is 3. The van der Waals surface area contributed by atoms with Crippen LogP contribution in [-0.2, 0) is 21.4 Å². The number of piperazine rings is 1. The molecule has 1 aliphatic carbocycles. The summed E-state index contributed by atoms with van der Waals surface area (Å²) in [5, 5.41) is 9.93. The Kier molecular flexibility index (Phi) is 9.04. The fourth-order valence-corrected chi connectivity index (χ4v) is 9.16. The number of benzene rings is 2. The number of fused-ring (bicyclic) bond motifs is 2. The van der Waals surface area contributed by atoms with Crippen molar-refractivity contribution in [1.29, 1.82) is 0 Å². The number of hydrogen-bond acceptors (Lipinski definition) is 7. The minimum atomic E-state index is -0.389. The second kappa shape index (κ2) is 14.0. The Hall–Kier alpha value is -4.58. The van der Waals surface area contributed by atoms with Gasteiger partial charge in [0.1, 0.15) is 5.65 Å². The first-order chi connectivity index (χ1) is 25.8. The topological polar surface area (TPSA) is 119 Å². The normalized spacial score (nSPS) is 20.9. The second-order valence-corrected chi connectivity index (χ2v) is 15.7. The maximum atomic E-state index is 13.4. The largest absolute Gasteiger partial charge is 0.346 e. The molecule has 3 amide bonds. The number of piperidine rings is 2. The highest BCUT2D eigenvalue weighted by Gasteiger charge is 2.33. The Bertz CT molecular complexity index is 2230. The lowest BCUT2D eigenvalue weighted by Gasteiger charge is -2.36. The zero-order valence-electron chi connectivity index (χ0n) is 30.1. The highest BCUT2D eigenvalue weighted by atomic mass is 35.5. The molecule has 9 rings (SSSR count). The average Bonchev–Trinajstić information content (AvgIpc) is 3.83. The van der Waals surface area contributed by atoms with E-state index in [4.69, 9.17) is 16.7 Å². The standard InChI is InChI=1S/C41H45ClN8O3/c1-47-34-21-27(8-9-30(34)39(46-47)31-10-11-35(51)45-41(31)53)25-12-16-48(17-13-25)14-3-15-49-18-19-50(36(52)24-49)29-5-2-4-28(20-29)33-23-44-40-37(38(33)42)32(22-43-40)26-6-7-26/h2,4-5,8-9,20-23,25-26,31H,3,6-7,10-19,24H2,1H3,(H,43,44)(H,45,51,53). The van der Waals surface area contributed by atoms with E-state index in [1.807, 2.05) is 41.0 Å². The van der Waals surface area contributed by atoms with Gasteiger partial charge in [-0.15, -0.1) is 0 Å². The van der Waals surface area contributed by atoms with Crippen LogP contribution in [-0.4, -0.2) is 93.1 Å². The van der Waals surface area contributed by atoms with Crippen molar-refractivity contribution in [2.24, 2.45) is 7.05 Å². The molecule has 0 radical (unpaired) electrons. The Morgan fingerprint density at radius 1 is 0.906 bits per heavy atom. The van der Waals surface area contributed by atoms with Crippen molar-refractivity contribution in [3.8, 4) is 11.1 Å². The molecule has 5 aromatic rings. The van der Waals surface area contributed by atoms with Crippen LogP contribution < -0.4 is 10.2 Å². The summed E-state index contributed by atoms with van der Waals surface area (Å²) in [7, 11) is 1.93. The maximum absolute atomic E-state index is 13.4. The minimum Gasteiger partial charge on any atom is -0.346 e. The van der Waals surface area contributed by atoms with Crippen molar-refractivity contribution in [2.75, 3.05) is 50.7 Å². The minimum absolute atomic E-state index is 0.130. The van der Waals surface area contributed by atoms with E-state index in [-0.39, 0.29) is 23.6 Å². The Balaban J connectivity index is 0.764. The monoisotopic (exact) mass is 732 g/mol. The third-order valence-corrected chi connectivity index (χ3v) is 12.3. The summed E-state index contributed by atoms with van der Waals surface area (Å²) in [5.74, 6) is 0.334. The predicted octanol–water partition coefficient (Wildman–Crippen LogP) is 6.09. The van der Waals surface area contributed by atoms with Gasteiger partial charge >= 0.3 is 0 Å². The number of hydrogen-bond donors (Lipinski definition) is 2. The van der Waals surface area contributed by atoms with E-state index in [0.29, 0.717) is 37.8 Å². The lowest BCUT2D eigenvalue weighted by molar-refractivity contribution is -0.134. The zero-order valence-corrected chi connectivity index (χ0v) is 30.9. The van der Waals surface area contributed by atoms with Crippen LogP contribution in [0.3, 0.4) is 0 Å². The van der Waals surface area contributed by atoms with Gasteiger partial charge in [-0.25, -0.2) is 4.98 Å². The van der Waals surface area contributed by atoms with Crippen molar-refractivity contribution in [3.63, 3.8) is 0 Å². The van der Waals surface area contributed by atoms with Gasteiger partial charge in [-0.2, -0.15) is 5.10 Å². The Labute approximate surface area is 313 Å². The summed E-state index contributed by atoms with van der Waals surface area (Å²) in [6.07, 6.45) is 10.4. The molecule has 53 heavy (non-hydrogen) atoms. The molecule has 1 unspecified atom stereocenters. The molecule has 3 aliphatic heterocycles. The summed E-state index contributed by atoms with van der Waals surface area (Å²) >= 11 is 7.00. The summed E-state index contributed by atoms with van der Waals surface area (Å²) < 4.78 is 1.87. The average molecular weight is 733 g/mol. The first-order valence-corrected chi connectivity index (χ1v) is 19.5. The number of H-pyrrole nitrogens is 1. The van der Waals surface area contributed by atoms with Gasteiger partial charge < -0.3 is 14.8 Å². The number of nitrogens with one attached hydrogen (secondary N) is 2. The molecule has 11 nitrogen and oxygen atoms in total. The number of aromatic amines is 1. The summed E-state index contributed by atoms with van der Waals surface area (Å²) in [6, 6.07) is 14.7. The number of rotatable bonds is 9. The van der Waals surface area contributed by atoms with Gasteiger partial charge in [0.25, 0.3) is 0 Å². The van der Waals surface area contributed by atoms with Crippen LogP contribution in [0.2, 0.25) is 5.02 Å². The van der Waals surface area contributed by atoms with Crippen molar-refractivity contribution in [1.82, 2.24) is 34.9 Å². The van der Waals surface area contributed by atoms with Crippen LogP contribution in [0.4, 0.5) is 5.69 Å². The third-order valence-electron chi connectivity index (χ3n) is 11.9. The molecular weight excluding hydrogens is 688 g/mol. The van der Waals surface area contributed by atoms with Crippen LogP contribution in [0, 0.1) is 0 Å². The number of aromatic nitrogens is 4. The van der Waals surface area contributed by atoms with Gasteiger partial charge in [0, 0.05) is 61.0 Å². The van der Waals surface area contributed by atoms with E-state index in [1.54, 1.807) is 0 Å². The smallest absolute Gasteiger partial charge is 0.241 e. The fraction of sp³-hybridized carbons (Fsp3) is 0.439. The number of nitrogens with zero attached hydrogens (tertiary/aromatic N) is 6. The highest BCUT2D eigenvalue weighted by molar-refractivity contribution is 6.38. The van der Waals surface area contributed by atoms with Crippen LogP contribution in [0.25, 0.3) is 33.1 Å². The molecule has 2 N–H and O–H groups in total. The zero-order chi connectivity index (χ0) is 36.2. The molecule has 4 aliphatic rings. The second-order valence-electron chi connectivity index (χ2n) is 15.4. The molecule has 0 spiro atoms. The van der Waals surface area contributed by atoms with Gasteiger partial charge in [-0.3, -0.25) is 29.3 Å². The lowest BCUT2D eigenvalue weighted by Crippen LogP contribution is -2.51. The number of amides is 3. The highest BCUT2D eigenvalue weighted by Crippen LogP contribution is 2.46. The number of carbonyl (C=O) groups excluding carboxylic acids is 3. The Morgan fingerprint density at radius 3 is 2.53 bits per heavy atom. The first-order valence-electron chi connectivity index (χ1n) is 19.1. The van der Waals surface area contributed by atoms with E-state index in [2.05, 4.69) is 55.5 Å². The summed E-state index contributed by atoms with van der Waals surface area (Å²) in [5.41, 5.74) is 7.98. The molecule has 2 aromatic carbocycles. The first kappa shape index (κ1) is 34.2. The number of halogens is 1. The molecule has 1 saturated carbocycles. The van der Waals surface area contributed by atoms with E-state index >= 15 is 0 Å². The van der Waals surface area contributed by atoms with Crippen LogP contribution in [0.1, 0.15) is 79.5 Å². The number of imide groups is 1. The van der Waals surface area contributed by atoms with Crippen LogP contribution in [0.15, 0.2) is 54.9 Å². The van der Waals surface area contributed by atoms with E-state index in [0.717, 1.165) is 101 Å². The molecule has 1 atom stereocenters. The molecule has 274 valence electrons. The van der Waals surface area contributed by atoms with Crippen molar-refractivity contribution in [3.05, 3.63) is 76.7 Å². The number of aryl methyl sites for hydroxylation is 1. The maximum Gasteiger partial charge on any atom is 0.241 e. The number of pyridine rings is 1. The van der Waals surface area contributed by atoms with Gasteiger partial charge in [-0.05, 0) is 111 Å². The quantitative estimate of drug-likeness (QED) is 0.176. The van der Waals surface area contributed by atoms with Gasteiger partial charge in [0.05, 0.1) is 28.7 Å². The Morgan fingerprint density at radius 2 is 1.74 bits per heavy atom. The van der Waals surface area contributed by atoms with Gasteiger partial charge in [0.2, 0.25) is 17.7 Å². The fourth-order valence-electron chi connectivity index (χ4n) is 8.80. The van der Waals surface area contributed by atoms with E-state index in [1.165, 1.54) is 24.0 Å². The van der Waals surface area contributed by atoms with E-state index < -0.39 is 0 Å². The molecule has 4 fully saturated rings. The molecule has 12 heteroatoms. The van der Waals surface area contributed by atoms with Gasteiger partial charge in [-0.1, -0.05) is 35.9 Å². The lowest BCUT2D eigenvalue weighted by atomic mass is 9.88. The molecule has 6 heterocycles. The van der Waals surface area contributed by atoms with Crippen LogP contribution in [0.5, 0.6) is 0 Å². The third kappa shape index (κ3) is 6.64. The predicted molar refractivity (Wildman–Crippen MR) is 206 cm³/mol. The van der Waals surface area contributed by atoms with Crippen LogP contribution >= 0.6 is 11.6 Å². The number of likely N-dealkylation sites (tertiary alicyclic amines) is 1. The summed E-state index contributed by atoms with van der Waals surface area (Å²) in [6.45, 7) is 5.99. The molecular formula is C41H45ClN8O3. The molecule has 0 bridgehead atoms. The van der Waals surface area contributed by atoms with Crippen molar-refractivity contribution < 1.29 is 14.4 Å². The van der Waals surface area contributed by atoms with Gasteiger partial charge in [0.15, 0.2) is 0 Å². The summed E-state index contributed by atoms with van der Waals surface area (Å²) in [4.78, 5) is 52.4. The molecule has 3 aromatic heterocycles. The van der Waals surface area contributed by atoms with Crippen molar-refractivity contribution in [2.45, 2.75) is 62.7 Å². The van der Waals surface area contributed by atoms with E-state index in [9.17, 15) is 14.4 Å². The number of anilines is 1. The van der Waals surface area contributed by atoms with Crippen molar-refractivity contribution >= 4 is 56.9 Å². The SMILES string of the molecule is Cn1nc(C2CCC(=O)NC2=O)c2ccc(C3CCN(CCCN4CCN(c5cccc(-c6cnc7[nH]cc(C8CC8)c7c6Cl)c5)C(=O)C4)CC3)cc21. The molecule has 3 saturated heterocycles.